The monoisotopic (exact) mass is 1180 g/mol. The number of ether oxygens (including phenoxy) is 3. The Morgan fingerprint density at radius 1 is 0.867 bits per heavy atom. The van der Waals surface area contributed by atoms with Crippen LogP contribution in [0.25, 0.3) is 11.3 Å². The summed E-state index contributed by atoms with van der Waals surface area (Å²) in [5, 5.41) is 29.3. The van der Waals surface area contributed by atoms with Gasteiger partial charge in [0.15, 0.2) is 6.10 Å². The Bertz CT molecular complexity index is 3010. The summed E-state index contributed by atoms with van der Waals surface area (Å²) in [7, 11) is 0.959. The van der Waals surface area contributed by atoms with Crippen molar-refractivity contribution in [2.45, 2.75) is 120 Å². The number of aliphatic hydroxyl groups excluding tert-OH is 1. The molecule has 8 rings (SSSR count). The second-order valence-corrected chi connectivity index (χ2v) is 21.7. The first kappa shape index (κ1) is 61.8. The van der Waals surface area contributed by atoms with Gasteiger partial charge in [0.2, 0.25) is 5.91 Å². The van der Waals surface area contributed by atoms with Crippen LogP contribution in [0.5, 0.6) is 0 Å². The van der Waals surface area contributed by atoms with E-state index in [0.29, 0.717) is 65.1 Å². The molecule has 4 fully saturated rings. The van der Waals surface area contributed by atoms with E-state index in [-0.39, 0.29) is 34.7 Å². The number of likely N-dealkylation sites (N-methyl/N-ethyl adjacent to an activating group) is 1. The van der Waals surface area contributed by atoms with Crippen LogP contribution in [-0.2, 0) is 36.8 Å². The highest BCUT2D eigenvalue weighted by molar-refractivity contribution is 5.90. The number of nitrogens with one attached hydrogen (secondary N) is 3. The molecule has 0 radical (unpaired) electrons. The van der Waals surface area contributed by atoms with E-state index < -0.39 is 121 Å². The number of carbonyl (C=O) groups is 4. The van der Waals surface area contributed by atoms with Gasteiger partial charge in [0.1, 0.15) is 29.0 Å². The van der Waals surface area contributed by atoms with Gasteiger partial charge in [0.05, 0.1) is 62.1 Å². The zero-order chi connectivity index (χ0) is 60.3. The number of benzene rings is 2. The molecule has 0 saturated carbocycles. The number of carbonyl (C=O) groups excluding carboxylic acids is 3. The zero-order valence-corrected chi connectivity index (χ0v) is 45.1. The maximum atomic E-state index is 16.1. The fourth-order valence-corrected chi connectivity index (χ4v) is 10.5. The van der Waals surface area contributed by atoms with Gasteiger partial charge >= 0.3 is 31.1 Å². The van der Waals surface area contributed by atoms with E-state index in [1.807, 2.05) is 22.9 Å². The van der Waals surface area contributed by atoms with Crippen LogP contribution in [0.3, 0.4) is 0 Å². The van der Waals surface area contributed by atoms with E-state index in [1.54, 1.807) is 18.3 Å². The van der Waals surface area contributed by atoms with Crippen molar-refractivity contribution in [3.05, 3.63) is 101 Å². The Labute approximate surface area is 469 Å². The Morgan fingerprint density at radius 3 is 2.00 bits per heavy atom. The van der Waals surface area contributed by atoms with Crippen molar-refractivity contribution in [3.63, 3.8) is 0 Å². The van der Waals surface area contributed by atoms with E-state index >= 15 is 8.78 Å². The summed E-state index contributed by atoms with van der Waals surface area (Å²) < 4.78 is 161. The number of alkyl carbamates (subject to hydrolysis) is 1. The fourth-order valence-electron chi connectivity index (χ4n) is 10.5. The van der Waals surface area contributed by atoms with Crippen LogP contribution in [-0.4, -0.2) is 177 Å². The maximum Gasteiger partial charge on any atom is 0.408 e. The van der Waals surface area contributed by atoms with E-state index in [2.05, 4.69) is 31.7 Å². The molecule has 4 aromatic rings. The van der Waals surface area contributed by atoms with Gasteiger partial charge in [0, 0.05) is 80.0 Å². The second kappa shape index (κ2) is 24.9. The van der Waals surface area contributed by atoms with Crippen LogP contribution in [0.2, 0.25) is 0 Å². The van der Waals surface area contributed by atoms with Crippen molar-refractivity contribution in [2.24, 2.45) is 5.41 Å². The van der Waals surface area contributed by atoms with E-state index in [1.165, 1.54) is 17.4 Å². The lowest BCUT2D eigenvalue weighted by atomic mass is 9.83. The van der Waals surface area contributed by atoms with Crippen LogP contribution in [0.15, 0.2) is 67.0 Å². The third-order valence-corrected chi connectivity index (χ3v) is 15.2. The Balaban J connectivity index is 1.09. The predicted octanol–water partition coefficient (Wildman–Crippen LogP) is 6.39. The number of pyridine rings is 1. The van der Waals surface area contributed by atoms with Gasteiger partial charge in [-0.25, -0.2) is 33.0 Å². The minimum atomic E-state index is -5.29. The number of hydrogen-bond donors (Lipinski definition) is 5. The molecule has 6 heterocycles. The van der Waals surface area contributed by atoms with Crippen LogP contribution >= 0.6 is 0 Å². The summed E-state index contributed by atoms with van der Waals surface area (Å²) in [5.74, 6) is 0.731. The summed E-state index contributed by atoms with van der Waals surface area (Å²) in [6, 6.07) is 8.93. The van der Waals surface area contributed by atoms with Gasteiger partial charge < -0.3 is 44.9 Å². The van der Waals surface area contributed by atoms with Crippen LogP contribution < -0.4 is 21.0 Å². The number of alkyl halides is 8. The third kappa shape index (κ3) is 14.7. The normalized spacial score (nSPS) is 19.6. The van der Waals surface area contributed by atoms with Crippen LogP contribution in [0, 0.1) is 28.9 Å². The number of halogens is 10. The molecule has 83 heavy (non-hydrogen) atoms. The second-order valence-electron chi connectivity index (χ2n) is 21.7. The highest BCUT2D eigenvalue weighted by atomic mass is 19.4. The Kier molecular flexibility index (Phi) is 18.5. The first-order valence-corrected chi connectivity index (χ1v) is 26.2. The number of aliphatic hydroxyl groups is 1. The lowest BCUT2D eigenvalue weighted by Gasteiger charge is -2.47. The molecular formula is C54H60F10N10O9. The molecule has 2 aromatic heterocycles. The first-order chi connectivity index (χ1) is 39.0. The third-order valence-electron chi connectivity index (χ3n) is 15.2. The molecule has 6 atom stereocenters. The van der Waals surface area contributed by atoms with Crippen LogP contribution in [0.1, 0.15) is 68.8 Å². The predicted molar refractivity (Wildman–Crippen MR) is 274 cm³/mol. The molecule has 4 aliphatic heterocycles. The molecule has 0 spiro atoms. The molecule has 0 aliphatic carbocycles. The highest BCUT2D eigenvalue weighted by Crippen LogP contribution is 2.41. The SMILES string of the molecule is CN(C(=O)C(C)(CC(F)(F)F)NC(=O)OC1COC1)[C@@H](Cc1ccc(C#Cc2ccc(N3CC4CCC(C3)N4C3COC3)nc2)cc1)[C@@H](O)CN(Cc1c(F)cc(-c2ccn(C(F)F)n2)cc1F)NC(=O)[C@@H](NC(=O)O)C(C)(C)C(F)(F)F. The first-order valence-electron chi connectivity index (χ1n) is 26.2. The number of hydrazine groups is 1. The van der Waals surface area contributed by atoms with E-state index in [4.69, 9.17) is 14.2 Å². The molecule has 3 unspecified atom stereocenters. The molecule has 4 aliphatic rings. The van der Waals surface area contributed by atoms with Crippen molar-refractivity contribution in [1.82, 2.24) is 45.6 Å². The summed E-state index contributed by atoms with van der Waals surface area (Å²) in [5.41, 5.74) is -4.44. The largest absolute Gasteiger partial charge is 0.465 e. The van der Waals surface area contributed by atoms with Gasteiger partial charge in [-0.05, 0) is 88.1 Å². The van der Waals surface area contributed by atoms with Crippen molar-refractivity contribution in [3.8, 4) is 23.1 Å². The lowest BCUT2D eigenvalue weighted by Crippen LogP contribution is -2.64. The van der Waals surface area contributed by atoms with Crippen LogP contribution in [0.4, 0.5) is 59.3 Å². The Morgan fingerprint density at radius 2 is 1.48 bits per heavy atom. The highest BCUT2D eigenvalue weighted by Gasteiger charge is 2.56. The molecule has 19 nitrogen and oxygen atoms in total. The summed E-state index contributed by atoms with van der Waals surface area (Å²) >= 11 is 0. The quantitative estimate of drug-likeness (QED) is 0.0368. The maximum absolute atomic E-state index is 16.1. The number of carboxylic acid groups (broad SMARTS) is 1. The number of amides is 4. The molecule has 4 saturated heterocycles. The number of anilines is 1. The summed E-state index contributed by atoms with van der Waals surface area (Å²) in [6.45, 7) is -0.798. The number of rotatable bonds is 20. The van der Waals surface area contributed by atoms with Crippen molar-refractivity contribution >= 4 is 29.8 Å². The summed E-state index contributed by atoms with van der Waals surface area (Å²) in [4.78, 5) is 63.5. The van der Waals surface area contributed by atoms with Gasteiger partial charge in [0.25, 0.3) is 5.91 Å². The zero-order valence-electron chi connectivity index (χ0n) is 45.1. The van der Waals surface area contributed by atoms with E-state index in [0.717, 1.165) is 71.2 Å². The average Bonchev–Trinajstić information content (AvgIpc) is 3.24. The number of piperazine rings is 1. The molecule has 2 bridgehead atoms. The number of fused-ring (bicyclic) bond motifs is 2. The average molecular weight is 1180 g/mol. The smallest absolute Gasteiger partial charge is 0.408 e. The molecule has 450 valence electrons. The summed E-state index contributed by atoms with van der Waals surface area (Å²) in [6.07, 6.45) is -14.8. The molecule has 4 amide bonds. The van der Waals surface area contributed by atoms with Gasteiger partial charge in [-0.15, -0.1) is 0 Å². The van der Waals surface area contributed by atoms with Crippen molar-refractivity contribution < 1.29 is 87.5 Å². The van der Waals surface area contributed by atoms with Gasteiger partial charge in [-0.3, -0.25) is 19.9 Å². The minimum absolute atomic E-state index is 0.0885. The topological polar surface area (TPSA) is 216 Å². The molecule has 5 N–H and O–H groups in total. The fraction of sp³-hybridized carbons (Fsp3) is 0.519. The molecule has 29 heteroatoms. The minimum Gasteiger partial charge on any atom is -0.465 e. The number of hydrogen-bond acceptors (Lipinski definition) is 13. The van der Waals surface area contributed by atoms with Gasteiger partial charge in [-0.2, -0.15) is 40.2 Å². The van der Waals surface area contributed by atoms with Gasteiger partial charge in [-0.1, -0.05) is 24.0 Å². The number of aromatic nitrogens is 3. The van der Waals surface area contributed by atoms with Crippen molar-refractivity contribution in [1.29, 1.82) is 0 Å². The Hall–Kier alpha value is -7.26. The lowest BCUT2D eigenvalue weighted by molar-refractivity contribution is -0.221. The van der Waals surface area contributed by atoms with E-state index in [9.17, 15) is 64.5 Å². The van der Waals surface area contributed by atoms with Crippen molar-refractivity contribution in [2.75, 3.05) is 58.0 Å². The molecular weight excluding hydrogens is 1120 g/mol. The molecule has 2 aromatic carbocycles. The standard InChI is InChI=1S/C54H60F10N10O9/c1-51(2,54(62,63)64)45(66-49(78)79)46(76)69-72(23-38-39(55)18-33(19-40(38)56)41-15-16-73(68-41)48(57)58)24-43(75)42(70(4)47(77)52(3,29-53(59,60)61)67-50(80)83-37-27-82-28-37)17-31-8-5-30(6-9-31)7-10-32-11-14-44(65-20-32)71-21-34-12-13-35(22-71)74(34)36-25-81-26-36/h5-6,8-9,11,14-16,18-20,34-37,42-43,45,48,66,75H,12-13,17,21-29H2,1-4H3,(H,67,80)(H,69,76)(H,78,79)/t34?,35?,42-,43-,45+,52?/m0/s1. The number of nitrogens with zero attached hydrogens (tertiary/aromatic N) is 7.